The monoisotopic (exact) mass is 410 g/mol. The maximum atomic E-state index is 11.6. The predicted molar refractivity (Wildman–Crippen MR) is 129 cm³/mol. The maximum Gasteiger partial charge on any atom is 0.306 e. The molecule has 1 N–H and O–H groups in total. The van der Waals surface area contributed by atoms with E-state index in [0.717, 1.165) is 19.3 Å². The summed E-state index contributed by atoms with van der Waals surface area (Å²) in [6.07, 6.45) is 27.0. The molecule has 0 amide bonds. The first-order valence-corrected chi connectivity index (χ1v) is 13.3. The second-order valence-corrected chi connectivity index (χ2v) is 9.61. The van der Waals surface area contributed by atoms with Crippen molar-refractivity contribution in [3.8, 4) is 0 Å². The third kappa shape index (κ3) is 20.5. The SMILES string of the molecule is CCCCCCCCCCCCC(C)CC(CCCCCCCCCC)C(=O)O. The minimum absolute atomic E-state index is 0.117. The van der Waals surface area contributed by atoms with Gasteiger partial charge in [0.05, 0.1) is 5.92 Å². The highest BCUT2D eigenvalue weighted by molar-refractivity contribution is 5.69. The lowest BCUT2D eigenvalue weighted by Crippen LogP contribution is -2.17. The molecule has 0 spiro atoms. The number of carboxylic acids is 1. The highest BCUT2D eigenvalue weighted by atomic mass is 16.4. The van der Waals surface area contributed by atoms with Crippen LogP contribution in [0.25, 0.3) is 0 Å². The average molecular weight is 411 g/mol. The first-order chi connectivity index (χ1) is 14.1. The lowest BCUT2D eigenvalue weighted by molar-refractivity contribution is -0.142. The molecule has 2 heteroatoms. The Balaban J connectivity index is 3.62. The molecule has 0 saturated heterocycles. The van der Waals surface area contributed by atoms with Crippen LogP contribution >= 0.6 is 0 Å². The van der Waals surface area contributed by atoms with E-state index in [2.05, 4.69) is 20.8 Å². The van der Waals surface area contributed by atoms with Crippen molar-refractivity contribution in [3.63, 3.8) is 0 Å². The number of carboxylic acid groups (broad SMARTS) is 1. The standard InChI is InChI=1S/C27H54O2/c1-4-6-8-10-12-14-15-16-18-20-22-25(3)24-26(27(28)29)23-21-19-17-13-11-9-7-5-2/h25-26H,4-24H2,1-3H3,(H,28,29). The molecule has 29 heavy (non-hydrogen) atoms. The molecule has 0 heterocycles. The van der Waals surface area contributed by atoms with E-state index in [0.29, 0.717) is 5.92 Å². The Hall–Kier alpha value is -0.530. The van der Waals surface area contributed by atoms with Gasteiger partial charge in [0, 0.05) is 0 Å². The van der Waals surface area contributed by atoms with Gasteiger partial charge in [-0.1, -0.05) is 143 Å². The van der Waals surface area contributed by atoms with Crippen molar-refractivity contribution in [2.45, 2.75) is 156 Å². The zero-order valence-corrected chi connectivity index (χ0v) is 20.4. The minimum Gasteiger partial charge on any atom is -0.481 e. The average Bonchev–Trinajstić information content (AvgIpc) is 2.70. The van der Waals surface area contributed by atoms with Gasteiger partial charge in [-0.05, 0) is 18.8 Å². The van der Waals surface area contributed by atoms with Gasteiger partial charge in [0.15, 0.2) is 0 Å². The lowest BCUT2D eigenvalue weighted by Gasteiger charge is -2.17. The second-order valence-electron chi connectivity index (χ2n) is 9.61. The van der Waals surface area contributed by atoms with Crippen LogP contribution < -0.4 is 0 Å². The van der Waals surface area contributed by atoms with Crippen molar-refractivity contribution in [2.24, 2.45) is 11.8 Å². The number of hydrogen-bond acceptors (Lipinski definition) is 1. The van der Waals surface area contributed by atoms with Gasteiger partial charge < -0.3 is 5.11 Å². The molecule has 0 bridgehead atoms. The van der Waals surface area contributed by atoms with Gasteiger partial charge in [-0.15, -0.1) is 0 Å². The van der Waals surface area contributed by atoms with Gasteiger partial charge in [-0.25, -0.2) is 0 Å². The quantitative estimate of drug-likeness (QED) is 0.170. The van der Waals surface area contributed by atoms with Crippen molar-refractivity contribution >= 4 is 5.97 Å². The third-order valence-electron chi connectivity index (χ3n) is 6.49. The number of carbonyl (C=O) groups is 1. The molecule has 0 aromatic carbocycles. The zero-order chi connectivity index (χ0) is 21.6. The summed E-state index contributed by atoms with van der Waals surface area (Å²) in [5.74, 6) is -0.129. The highest BCUT2D eigenvalue weighted by Gasteiger charge is 2.19. The summed E-state index contributed by atoms with van der Waals surface area (Å²) >= 11 is 0. The molecule has 2 atom stereocenters. The number of hydrogen-bond donors (Lipinski definition) is 1. The van der Waals surface area contributed by atoms with Crippen LogP contribution in [0.3, 0.4) is 0 Å². The molecule has 0 aliphatic carbocycles. The van der Waals surface area contributed by atoms with Crippen LogP contribution in [-0.4, -0.2) is 11.1 Å². The van der Waals surface area contributed by atoms with Crippen molar-refractivity contribution in [1.29, 1.82) is 0 Å². The van der Waals surface area contributed by atoms with Gasteiger partial charge >= 0.3 is 5.97 Å². The van der Waals surface area contributed by atoms with Gasteiger partial charge in [-0.3, -0.25) is 4.79 Å². The molecule has 0 aliphatic rings. The Kier molecular flexibility index (Phi) is 21.8. The Bertz CT molecular complexity index is 339. The maximum absolute atomic E-state index is 11.6. The van der Waals surface area contributed by atoms with Crippen LogP contribution in [0.2, 0.25) is 0 Å². The highest BCUT2D eigenvalue weighted by Crippen LogP contribution is 2.24. The van der Waals surface area contributed by atoms with Crippen molar-refractivity contribution in [1.82, 2.24) is 0 Å². The second kappa shape index (κ2) is 22.2. The summed E-state index contributed by atoms with van der Waals surface area (Å²) in [6.45, 7) is 6.79. The summed E-state index contributed by atoms with van der Waals surface area (Å²) in [6, 6.07) is 0. The summed E-state index contributed by atoms with van der Waals surface area (Å²) in [5.41, 5.74) is 0. The Morgan fingerprint density at radius 3 is 1.31 bits per heavy atom. The van der Waals surface area contributed by atoms with Crippen LogP contribution in [0.1, 0.15) is 156 Å². The summed E-state index contributed by atoms with van der Waals surface area (Å²) in [4.78, 5) is 11.6. The van der Waals surface area contributed by atoms with Crippen LogP contribution in [0.4, 0.5) is 0 Å². The van der Waals surface area contributed by atoms with Crippen LogP contribution in [0.15, 0.2) is 0 Å². The third-order valence-corrected chi connectivity index (χ3v) is 6.49. The summed E-state index contributed by atoms with van der Waals surface area (Å²) in [7, 11) is 0. The van der Waals surface area contributed by atoms with Crippen LogP contribution in [-0.2, 0) is 4.79 Å². The molecule has 0 rings (SSSR count). The molecule has 0 radical (unpaired) electrons. The van der Waals surface area contributed by atoms with E-state index in [1.54, 1.807) is 0 Å². The Morgan fingerprint density at radius 1 is 0.586 bits per heavy atom. The molecule has 0 aliphatic heterocycles. The van der Waals surface area contributed by atoms with E-state index < -0.39 is 5.97 Å². The smallest absolute Gasteiger partial charge is 0.306 e. The van der Waals surface area contributed by atoms with E-state index in [1.165, 1.54) is 116 Å². The molecule has 174 valence electrons. The normalized spacial score (nSPS) is 13.5. The van der Waals surface area contributed by atoms with Gasteiger partial charge in [0.2, 0.25) is 0 Å². The van der Waals surface area contributed by atoms with E-state index in [4.69, 9.17) is 0 Å². The molecule has 0 saturated carbocycles. The Labute approximate surface area is 183 Å². The molecular weight excluding hydrogens is 356 g/mol. The zero-order valence-electron chi connectivity index (χ0n) is 20.4. The summed E-state index contributed by atoms with van der Waals surface area (Å²) in [5, 5.41) is 9.57. The van der Waals surface area contributed by atoms with E-state index >= 15 is 0 Å². The van der Waals surface area contributed by atoms with Crippen molar-refractivity contribution in [2.75, 3.05) is 0 Å². The van der Waals surface area contributed by atoms with E-state index in [9.17, 15) is 9.90 Å². The van der Waals surface area contributed by atoms with Gasteiger partial charge in [0.1, 0.15) is 0 Å². The molecule has 2 unspecified atom stereocenters. The first kappa shape index (κ1) is 28.5. The first-order valence-electron chi connectivity index (χ1n) is 13.3. The molecule has 0 aromatic heterocycles. The van der Waals surface area contributed by atoms with Crippen molar-refractivity contribution < 1.29 is 9.90 Å². The number of rotatable bonds is 23. The molecule has 2 nitrogen and oxygen atoms in total. The van der Waals surface area contributed by atoms with Crippen LogP contribution in [0, 0.1) is 11.8 Å². The largest absolute Gasteiger partial charge is 0.481 e. The molecule has 0 fully saturated rings. The lowest BCUT2D eigenvalue weighted by atomic mass is 9.88. The van der Waals surface area contributed by atoms with Crippen molar-refractivity contribution in [3.05, 3.63) is 0 Å². The minimum atomic E-state index is -0.567. The topological polar surface area (TPSA) is 37.3 Å². The fraction of sp³-hybridized carbons (Fsp3) is 0.963. The number of aliphatic carboxylic acids is 1. The summed E-state index contributed by atoms with van der Waals surface area (Å²) < 4.78 is 0. The van der Waals surface area contributed by atoms with Crippen LogP contribution in [0.5, 0.6) is 0 Å². The van der Waals surface area contributed by atoms with E-state index in [-0.39, 0.29) is 5.92 Å². The fourth-order valence-electron chi connectivity index (χ4n) is 4.45. The van der Waals surface area contributed by atoms with Gasteiger partial charge in [0.25, 0.3) is 0 Å². The van der Waals surface area contributed by atoms with E-state index in [1.807, 2.05) is 0 Å². The molecule has 0 aromatic rings. The number of unbranched alkanes of at least 4 members (excludes halogenated alkanes) is 16. The molecular formula is C27H54O2. The van der Waals surface area contributed by atoms with Gasteiger partial charge in [-0.2, -0.15) is 0 Å². The fourth-order valence-corrected chi connectivity index (χ4v) is 4.45. The predicted octanol–water partition coefficient (Wildman–Crippen LogP) is 9.56. The Morgan fingerprint density at radius 2 is 0.931 bits per heavy atom.